The number of carbonyl (C=O) groups excluding carboxylic acids is 1. The van der Waals surface area contributed by atoms with Gasteiger partial charge < -0.3 is 14.5 Å². The first-order chi connectivity index (χ1) is 17.7. The molecule has 1 amide bonds. The Labute approximate surface area is 215 Å². The minimum absolute atomic E-state index is 0.00571. The number of halogens is 3. The van der Waals surface area contributed by atoms with Crippen LogP contribution in [0.3, 0.4) is 0 Å². The van der Waals surface area contributed by atoms with Gasteiger partial charge in [0.1, 0.15) is 18.0 Å². The highest BCUT2D eigenvalue weighted by Crippen LogP contribution is 2.34. The molecule has 0 radical (unpaired) electrons. The number of benzene rings is 1. The molecular formula is C25H26F3N5O3S. The van der Waals surface area contributed by atoms with Crippen molar-refractivity contribution < 1.29 is 27.5 Å². The lowest BCUT2D eigenvalue weighted by Crippen LogP contribution is -2.39. The van der Waals surface area contributed by atoms with Gasteiger partial charge in [-0.1, -0.05) is 17.3 Å². The lowest BCUT2D eigenvalue weighted by atomic mass is 9.97. The highest BCUT2D eigenvalue weighted by atomic mass is 32.1. The Kier molecular flexibility index (Phi) is 6.93. The van der Waals surface area contributed by atoms with E-state index in [0.29, 0.717) is 19.5 Å². The van der Waals surface area contributed by atoms with Gasteiger partial charge in [-0.2, -0.15) is 18.3 Å². The van der Waals surface area contributed by atoms with E-state index < -0.39 is 11.9 Å². The minimum atomic E-state index is -4.53. The number of ether oxygens (including phenoxy) is 1. The van der Waals surface area contributed by atoms with Crippen LogP contribution in [0.5, 0.6) is 5.75 Å². The molecule has 1 aromatic carbocycles. The van der Waals surface area contributed by atoms with Gasteiger partial charge in [-0.15, -0.1) is 11.3 Å². The quantitative estimate of drug-likeness (QED) is 0.448. The van der Waals surface area contributed by atoms with E-state index in [-0.39, 0.29) is 30.0 Å². The van der Waals surface area contributed by atoms with Gasteiger partial charge in [-0.05, 0) is 43.0 Å². The Morgan fingerprint density at radius 1 is 1.22 bits per heavy atom. The monoisotopic (exact) mass is 533 g/mol. The summed E-state index contributed by atoms with van der Waals surface area (Å²) in [5.41, 5.74) is 1.69. The number of aromatic nitrogens is 3. The number of carbonyl (C=O) groups is 1. The predicted octanol–water partition coefficient (Wildman–Crippen LogP) is 4.95. The Morgan fingerprint density at radius 3 is 2.59 bits per heavy atom. The molecule has 2 aliphatic heterocycles. The molecular weight excluding hydrogens is 507 g/mol. The summed E-state index contributed by atoms with van der Waals surface area (Å²) in [7, 11) is 1.63. The van der Waals surface area contributed by atoms with Crippen LogP contribution in [0.4, 0.5) is 13.2 Å². The summed E-state index contributed by atoms with van der Waals surface area (Å²) in [4.78, 5) is 24.8. The maximum absolute atomic E-state index is 13.0. The fourth-order valence-corrected chi connectivity index (χ4v) is 5.63. The molecule has 0 bridgehead atoms. The third-order valence-electron chi connectivity index (χ3n) is 6.68. The summed E-state index contributed by atoms with van der Waals surface area (Å²) in [6.07, 6.45) is -1.32. The average Bonchev–Trinajstić information content (AvgIpc) is 3.63. The smallest absolute Gasteiger partial charge is 0.435 e. The molecule has 0 aliphatic carbocycles. The van der Waals surface area contributed by atoms with Gasteiger partial charge in [-0.3, -0.25) is 9.48 Å². The van der Waals surface area contributed by atoms with Crippen LogP contribution in [0.1, 0.15) is 58.8 Å². The fourth-order valence-electron chi connectivity index (χ4n) is 4.63. The molecule has 5 rings (SSSR count). The van der Waals surface area contributed by atoms with Gasteiger partial charge in [0.25, 0.3) is 0 Å². The number of thiazole rings is 1. The highest BCUT2D eigenvalue weighted by Gasteiger charge is 2.36. The number of rotatable bonds is 6. The van der Waals surface area contributed by atoms with E-state index in [1.165, 1.54) is 13.1 Å². The van der Waals surface area contributed by atoms with Crippen LogP contribution >= 0.6 is 11.3 Å². The third-order valence-corrected chi connectivity index (χ3v) is 7.69. The molecule has 12 heteroatoms. The number of oxime groups is 1. The lowest BCUT2D eigenvalue weighted by Gasteiger charge is -2.31. The topological polar surface area (TPSA) is 81.8 Å². The number of hydrogen-bond acceptors (Lipinski definition) is 7. The number of amides is 1. The van der Waals surface area contributed by atoms with Crippen LogP contribution in [0, 0.1) is 6.92 Å². The van der Waals surface area contributed by atoms with Crippen molar-refractivity contribution >= 4 is 23.0 Å². The summed E-state index contributed by atoms with van der Waals surface area (Å²) in [6.45, 7) is 2.17. The molecule has 2 aromatic heterocycles. The summed E-state index contributed by atoms with van der Waals surface area (Å²) >= 11 is 1.58. The zero-order chi connectivity index (χ0) is 26.2. The first kappa shape index (κ1) is 25.2. The lowest BCUT2D eigenvalue weighted by molar-refractivity contribution is -0.142. The van der Waals surface area contributed by atoms with E-state index in [4.69, 9.17) is 14.6 Å². The van der Waals surface area contributed by atoms with Gasteiger partial charge in [0.2, 0.25) is 5.91 Å². The van der Waals surface area contributed by atoms with Crippen molar-refractivity contribution in [2.75, 3.05) is 20.2 Å². The Hall–Kier alpha value is -3.41. The van der Waals surface area contributed by atoms with Crippen molar-refractivity contribution in [3.05, 3.63) is 63.4 Å². The van der Waals surface area contributed by atoms with Crippen molar-refractivity contribution in [1.82, 2.24) is 19.7 Å². The van der Waals surface area contributed by atoms with Crippen LogP contribution in [0.15, 0.2) is 41.0 Å². The van der Waals surface area contributed by atoms with Crippen molar-refractivity contribution in [1.29, 1.82) is 0 Å². The molecule has 0 N–H and O–H groups in total. The molecule has 3 aromatic rings. The summed E-state index contributed by atoms with van der Waals surface area (Å²) in [5, 5.41) is 10.8. The molecule has 1 unspecified atom stereocenters. The van der Waals surface area contributed by atoms with Gasteiger partial charge in [-0.25, -0.2) is 4.98 Å². The van der Waals surface area contributed by atoms with Gasteiger partial charge in [0, 0.05) is 37.0 Å². The molecule has 37 heavy (non-hydrogen) atoms. The zero-order valence-electron chi connectivity index (χ0n) is 20.4. The molecule has 1 saturated heterocycles. The Morgan fingerprint density at radius 2 is 1.95 bits per heavy atom. The van der Waals surface area contributed by atoms with Crippen LogP contribution in [-0.4, -0.2) is 51.5 Å². The summed E-state index contributed by atoms with van der Waals surface area (Å²) in [6, 6.07) is 7.72. The van der Waals surface area contributed by atoms with Gasteiger partial charge in [0.15, 0.2) is 11.8 Å². The number of methoxy groups -OCH3 is 1. The molecule has 2 aliphatic rings. The molecule has 0 saturated carbocycles. The second-order valence-electron chi connectivity index (χ2n) is 9.19. The molecule has 1 fully saturated rings. The first-order valence-corrected chi connectivity index (χ1v) is 12.8. The molecule has 196 valence electrons. The molecule has 8 nitrogen and oxygen atoms in total. The minimum Gasteiger partial charge on any atom is -0.497 e. The number of nitrogens with zero attached hydrogens (tertiary/aromatic N) is 5. The van der Waals surface area contributed by atoms with E-state index in [1.807, 2.05) is 29.6 Å². The zero-order valence-corrected chi connectivity index (χ0v) is 21.2. The second kappa shape index (κ2) is 10.2. The van der Waals surface area contributed by atoms with E-state index in [0.717, 1.165) is 45.2 Å². The van der Waals surface area contributed by atoms with Gasteiger partial charge >= 0.3 is 6.18 Å². The summed E-state index contributed by atoms with van der Waals surface area (Å²) < 4.78 is 45.2. The van der Waals surface area contributed by atoms with Crippen LogP contribution < -0.4 is 4.74 Å². The van der Waals surface area contributed by atoms with E-state index >= 15 is 0 Å². The number of likely N-dealkylation sites (tertiary alicyclic amines) is 1. The van der Waals surface area contributed by atoms with Crippen LogP contribution in [0.25, 0.3) is 0 Å². The largest absolute Gasteiger partial charge is 0.497 e. The number of piperidine rings is 1. The van der Waals surface area contributed by atoms with Gasteiger partial charge in [0.05, 0.1) is 17.8 Å². The standard InChI is InChI=1S/C25H26F3N5O3S/c1-15-12-33(30-23(15)25(26,27)28)13-22(34)32-9-7-17(8-10-32)24-29-20(14-37-24)19-11-21(36-31-19)16-3-5-18(35-2)6-4-16/h3-6,12,14,17,21H,7-11,13H2,1-2H3. The second-order valence-corrected chi connectivity index (χ2v) is 10.1. The van der Waals surface area contributed by atoms with Crippen LogP contribution in [-0.2, 0) is 22.4 Å². The normalized spacial score (nSPS) is 18.6. The SMILES string of the molecule is COc1ccc(C2CC(c3csc(C4CCN(C(=O)Cn5cc(C)c(C(F)(F)F)n5)CC4)n3)=NO2)cc1. The maximum atomic E-state index is 13.0. The third kappa shape index (κ3) is 5.48. The molecule has 1 atom stereocenters. The summed E-state index contributed by atoms with van der Waals surface area (Å²) in [5.74, 6) is 0.760. The number of aryl methyl sites for hydroxylation is 1. The van der Waals surface area contributed by atoms with E-state index in [9.17, 15) is 18.0 Å². The Bertz CT molecular complexity index is 1290. The number of hydrogen-bond donors (Lipinski definition) is 0. The van der Waals surface area contributed by atoms with Crippen molar-refractivity contribution in [2.24, 2.45) is 5.16 Å². The average molecular weight is 534 g/mol. The van der Waals surface area contributed by atoms with Crippen molar-refractivity contribution in [3.63, 3.8) is 0 Å². The molecule has 0 spiro atoms. The molecule has 4 heterocycles. The fraction of sp³-hybridized carbons (Fsp3) is 0.440. The first-order valence-electron chi connectivity index (χ1n) is 11.9. The highest BCUT2D eigenvalue weighted by molar-refractivity contribution is 7.10. The number of alkyl halides is 3. The van der Waals surface area contributed by atoms with Crippen molar-refractivity contribution in [3.8, 4) is 5.75 Å². The van der Waals surface area contributed by atoms with E-state index in [1.54, 1.807) is 23.3 Å². The Balaban J connectivity index is 1.14. The maximum Gasteiger partial charge on any atom is 0.435 e. The van der Waals surface area contributed by atoms with E-state index in [2.05, 4.69) is 10.3 Å². The van der Waals surface area contributed by atoms with Crippen LogP contribution in [0.2, 0.25) is 0 Å². The predicted molar refractivity (Wildman–Crippen MR) is 131 cm³/mol. The van der Waals surface area contributed by atoms with Crippen molar-refractivity contribution in [2.45, 2.75) is 50.9 Å².